The summed E-state index contributed by atoms with van der Waals surface area (Å²) in [5.74, 6) is -0.278. The van der Waals surface area contributed by atoms with E-state index in [9.17, 15) is 4.39 Å². The van der Waals surface area contributed by atoms with Crippen molar-refractivity contribution in [2.24, 2.45) is 0 Å². The van der Waals surface area contributed by atoms with Crippen LogP contribution >= 0.6 is 27.5 Å². The molecule has 0 aliphatic heterocycles. The average Bonchev–Trinajstić information content (AvgIpc) is 2.37. The van der Waals surface area contributed by atoms with Crippen molar-refractivity contribution < 1.29 is 4.39 Å². The molecular weight excluding hydrogens is 317 g/mol. The Kier molecular flexibility index (Phi) is 4.38. The molecule has 0 fully saturated rings. The van der Waals surface area contributed by atoms with Crippen molar-refractivity contribution in [3.05, 3.63) is 68.9 Å². The highest BCUT2D eigenvalue weighted by Crippen LogP contribution is 2.33. The molecule has 2 aromatic carbocycles. The van der Waals surface area contributed by atoms with Gasteiger partial charge in [0.1, 0.15) is 5.82 Å². The van der Waals surface area contributed by atoms with Crippen molar-refractivity contribution >= 4 is 27.5 Å². The summed E-state index contributed by atoms with van der Waals surface area (Å²) in [6.45, 7) is 0. The number of nitrogens with one attached hydrogen (secondary N) is 1. The summed E-state index contributed by atoms with van der Waals surface area (Å²) in [5.41, 5.74) is 1.75. The molecule has 0 heterocycles. The van der Waals surface area contributed by atoms with Crippen LogP contribution in [0.5, 0.6) is 0 Å². The Morgan fingerprint density at radius 3 is 2.44 bits per heavy atom. The summed E-state index contributed by atoms with van der Waals surface area (Å²) in [6, 6.07) is 12.4. The van der Waals surface area contributed by atoms with E-state index in [0.29, 0.717) is 9.50 Å². The average molecular weight is 329 g/mol. The van der Waals surface area contributed by atoms with Crippen LogP contribution in [0, 0.1) is 5.82 Å². The molecule has 1 atom stereocenters. The van der Waals surface area contributed by atoms with Gasteiger partial charge in [-0.25, -0.2) is 4.39 Å². The smallest absolute Gasteiger partial charge is 0.137 e. The molecule has 0 spiro atoms. The molecule has 0 saturated carbocycles. The van der Waals surface area contributed by atoms with Crippen molar-refractivity contribution in [2.45, 2.75) is 6.04 Å². The van der Waals surface area contributed by atoms with E-state index in [1.807, 2.05) is 37.4 Å². The Morgan fingerprint density at radius 1 is 1.11 bits per heavy atom. The van der Waals surface area contributed by atoms with Crippen LogP contribution in [0.2, 0.25) is 5.02 Å². The van der Waals surface area contributed by atoms with E-state index >= 15 is 0 Å². The molecule has 2 aromatic rings. The largest absolute Gasteiger partial charge is 0.309 e. The van der Waals surface area contributed by atoms with Gasteiger partial charge in [-0.2, -0.15) is 0 Å². The Morgan fingerprint density at radius 2 is 1.78 bits per heavy atom. The van der Waals surface area contributed by atoms with Crippen LogP contribution in [0.15, 0.2) is 46.9 Å². The number of hydrogen-bond donors (Lipinski definition) is 1. The fourth-order valence-electron chi connectivity index (χ4n) is 1.93. The second-order valence-corrected chi connectivity index (χ2v) is 5.09. The van der Waals surface area contributed by atoms with Crippen LogP contribution in [0.25, 0.3) is 0 Å². The summed E-state index contributed by atoms with van der Waals surface area (Å²) in [4.78, 5) is 0. The van der Waals surface area contributed by atoms with E-state index in [0.717, 1.165) is 11.1 Å². The van der Waals surface area contributed by atoms with Gasteiger partial charge in [-0.05, 0) is 46.2 Å². The van der Waals surface area contributed by atoms with Crippen molar-refractivity contribution in [2.75, 3.05) is 7.05 Å². The molecule has 0 bridgehead atoms. The second-order valence-electron chi connectivity index (χ2n) is 3.89. The van der Waals surface area contributed by atoms with Gasteiger partial charge in [0.25, 0.3) is 0 Å². The van der Waals surface area contributed by atoms with E-state index in [4.69, 9.17) is 11.6 Å². The molecule has 0 saturated heterocycles. The molecule has 1 unspecified atom stereocenters. The molecule has 0 aliphatic rings. The van der Waals surface area contributed by atoms with Gasteiger partial charge in [-0.1, -0.05) is 41.9 Å². The van der Waals surface area contributed by atoms with Crippen LogP contribution in [-0.4, -0.2) is 7.05 Å². The molecule has 0 radical (unpaired) electrons. The van der Waals surface area contributed by atoms with E-state index < -0.39 is 0 Å². The maximum Gasteiger partial charge on any atom is 0.137 e. The highest BCUT2D eigenvalue weighted by atomic mass is 79.9. The fraction of sp³-hybridized carbons (Fsp3) is 0.143. The third-order valence-electron chi connectivity index (χ3n) is 2.80. The van der Waals surface area contributed by atoms with Crippen molar-refractivity contribution in [1.82, 2.24) is 5.32 Å². The summed E-state index contributed by atoms with van der Waals surface area (Å²) in [7, 11) is 1.82. The minimum Gasteiger partial charge on any atom is -0.309 e. The fourth-order valence-corrected chi connectivity index (χ4v) is 2.67. The highest BCUT2D eigenvalue weighted by Gasteiger charge is 2.18. The maximum atomic E-state index is 13.6. The van der Waals surface area contributed by atoms with Gasteiger partial charge < -0.3 is 5.32 Å². The molecule has 4 heteroatoms. The van der Waals surface area contributed by atoms with Gasteiger partial charge in [-0.3, -0.25) is 0 Å². The summed E-state index contributed by atoms with van der Waals surface area (Å²) in [5, 5.41) is 3.82. The van der Waals surface area contributed by atoms with Gasteiger partial charge in [-0.15, -0.1) is 0 Å². The SMILES string of the molecule is CNC(c1ccccc1Cl)c1cccc(F)c1Br. The van der Waals surface area contributed by atoms with E-state index in [2.05, 4.69) is 21.2 Å². The predicted octanol–water partition coefficient (Wildman–Crippen LogP) is 4.55. The van der Waals surface area contributed by atoms with Crippen molar-refractivity contribution in [1.29, 1.82) is 0 Å². The van der Waals surface area contributed by atoms with Gasteiger partial charge in [0, 0.05) is 5.02 Å². The van der Waals surface area contributed by atoms with Crippen LogP contribution in [0.4, 0.5) is 4.39 Å². The molecule has 2 rings (SSSR count). The molecule has 94 valence electrons. The predicted molar refractivity (Wildman–Crippen MR) is 76.5 cm³/mol. The Labute approximate surface area is 119 Å². The minimum atomic E-state index is -0.278. The lowest BCUT2D eigenvalue weighted by Gasteiger charge is -2.20. The normalized spacial score (nSPS) is 12.4. The quantitative estimate of drug-likeness (QED) is 0.871. The van der Waals surface area contributed by atoms with Crippen LogP contribution in [-0.2, 0) is 0 Å². The van der Waals surface area contributed by atoms with Crippen molar-refractivity contribution in [3.8, 4) is 0 Å². The molecule has 0 aromatic heterocycles. The van der Waals surface area contributed by atoms with E-state index in [1.165, 1.54) is 6.07 Å². The monoisotopic (exact) mass is 327 g/mol. The van der Waals surface area contributed by atoms with Gasteiger partial charge in [0.15, 0.2) is 0 Å². The molecule has 1 N–H and O–H groups in total. The number of halogens is 3. The van der Waals surface area contributed by atoms with Crippen LogP contribution in [0.3, 0.4) is 0 Å². The molecule has 0 amide bonds. The lowest BCUT2D eigenvalue weighted by molar-refractivity contribution is 0.608. The number of benzene rings is 2. The maximum absolute atomic E-state index is 13.6. The zero-order valence-corrected chi connectivity index (χ0v) is 12.1. The van der Waals surface area contributed by atoms with Crippen LogP contribution < -0.4 is 5.32 Å². The zero-order chi connectivity index (χ0) is 13.1. The first-order valence-electron chi connectivity index (χ1n) is 5.50. The third-order valence-corrected chi connectivity index (χ3v) is 3.98. The lowest BCUT2D eigenvalue weighted by Crippen LogP contribution is -2.18. The topological polar surface area (TPSA) is 12.0 Å². The van der Waals surface area contributed by atoms with Crippen LogP contribution in [0.1, 0.15) is 17.2 Å². The third kappa shape index (κ3) is 2.58. The number of rotatable bonds is 3. The first kappa shape index (κ1) is 13.5. The summed E-state index contributed by atoms with van der Waals surface area (Å²) >= 11 is 9.48. The molecule has 0 aliphatic carbocycles. The summed E-state index contributed by atoms with van der Waals surface area (Å²) in [6.07, 6.45) is 0. The Balaban J connectivity index is 2.53. The Bertz CT molecular complexity index is 559. The Hall–Kier alpha value is -0.900. The first-order valence-corrected chi connectivity index (χ1v) is 6.68. The van der Waals surface area contributed by atoms with E-state index in [1.54, 1.807) is 6.07 Å². The number of hydrogen-bond acceptors (Lipinski definition) is 1. The van der Waals surface area contributed by atoms with Gasteiger partial charge in [0.2, 0.25) is 0 Å². The van der Waals surface area contributed by atoms with Crippen molar-refractivity contribution in [3.63, 3.8) is 0 Å². The highest BCUT2D eigenvalue weighted by molar-refractivity contribution is 9.10. The standard InChI is InChI=1S/C14H12BrClFN/c1-18-14(9-5-2-3-7-11(9)16)10-6-4-8-12(17)13(10)15/h2-8,14,18H,1H3. The zero-order valence-electron chi connectivity index (χ0n) is 9.75. The first-order chi connectivity index (χ1) is 8.65. The van der Waals surface area contributed by atoms with Gasteiger partial charge >= 0.3 is 0 Å². The minimum absolute atomic E-state index is 0.149. The van der Waals surface area contributed by atoms with Gasteiger partial charge in [0.05, 0.1) is 10.5 Å². The second kappa shape index (κ2) is 5.83. The van der Waals surface area contributed by atoms with E-state index in [-0.39, 0.29) is 11.9 Å². The molecule has 1 nitrogen and oxygen atoms in total. The summed E-state index contributed by atoms with van der Waals surface area (Å²) < 4.78 is 14.0. The molecule has 18 heavy (non-hydrogen) atoms. The lowest BCUT2D eigenvalue weighted by atomic mass is 9.99. The molecular formula is C14H12BrClFN.